The summed E-state index contributed by atoms with van der Waals surface area (Å²) in [5, 5.41) is 10.7. The zero-order valence-electron chi connectivity index (χ0n) is 11.4. The van der Waals surface area contributed by atoms with E-state index in [1.807, 2.05) is 13.1 Å². The topological polar surface area (TPSA) is 66.5 Å². The van der Waals surface area contributed by atoms with E-state index >= 15 is 0 Å². The number of aromatic nitrogens is 4. The number of nitrogens with zero attached hydrogens (tertiary/aromatic N) is 3. The van der Waals surface area contributed by atoms with Crippen LogP contribution in [0, 0.1) is 6.92 Å². The van der Waals surface area contributed by atoms with Crippen molar-refractivity contribution >= 4 is 5.82 Å². The summed E-state index contributed by atoms with van der Waals surface area (Å²) in [6.07, 6.45) is 6.05. The number of hydrogen-bond acceptors (Lipinski definition) is 4. The van der Waals surface area contributed by atoms with Crippen molar-refractivity contribution in [2.75, 3.05) is 5.32 Å². The smallest absolute Gasteiger partial charge is 0.130 e. The predicted molar refractivity (Wildman–Crippen MR) is 74.2 cm³/mol. The Balaban J connectivity index is 1.74. The molecular weight excluding hydrogens is 238 g/mol. The number of aryl methyl sites for hydroxylation is 3. The molecule has 0 fully saturated rings. The third-order valence-electron chi connectivity index (χ3n) is 3.62. The summed E-state index contributed by atoms with van der Waals surface area (Å²) in [6, 6.07) is 2.49. The van der Waals surface area contributed by atoms with E-state index in [2.05, 4.69) is 38.5 Å². The molecule has 0 saturated heterocycles. The lowest BCUT2D eigenvalue weighted by Gasteiger charge is -2.23. The minimum absolute atomic E-state index is 0.434. The Labute approximate surface area is 112 Å². The molecule has 0 saturated carbocycles. The molecule has 0 bridgehead atoms. The molecule has 1 atom stereocenters. The van der Waals surface area contributed by atoms with E-state index in [0.29, 0.717) is 6.04 Å². The van der Waals surface area contributed by atoms with Crippen molar-refractivity contribution in [2.24, 2.45) is 0 Å². The quantitative estimate of drug-likeness (QED) is 0.883. The second kappa shape index (κ2) is 4.99. The maximum absolute atomic E-state index is 4.47. The van der Waals surface area contributed by atoms with Gasteiger partial charge in [0, 0.05) is 23.5 Å². The highest BCUT2D eigenvalue weighted by molar-refractivity contribution is 5.38. The molecule has 2 N–H and O–H groups in total. The van der Waals surface area contributed by atoms with Crippen LogP contribution in [0.15, 0.2) is 12.3 Å². The lowest BCUT2D eigenvalue weighted by molar-refractivity contribution is 0.601. The van der Waals surface area contributed by atoms with Gasteiger partial charge in [-0.05, 0) is 38.2 Å². The van der Waals surface area contributed by atoms with Crippen LogP contribution in [0.4, 0.5) is 5.82 Å². The fourth-order valence-corrected chi connectivity index (χ4v) is 2.63. The van der Waals surface area contributed by atoms with Gasteiger partial charge in [-0.2, -0.15) is 5.10 Å². The number of rotatable bonds is 3. The molecule has 1 unspecified atom stereocenters. The van der Waals surface area contributed by atoms with Crippen molar-refractivity contribution in [1.29, 1.82) is 0 Å². The summed E-state index contributed by atoms with van der Waals surface area (Å²) >= 11 is 0. The van der Waals surface area contributed by atoms with Gasteiger partial charge in [-0.15, -0.1) is 0 Å². The van der Waals surface area contributed by atoms with Gasteiger partial charge < -0.3 is 5.32 Å². The molecule has 2 aromatic heterocycles. The molecule has 100 valence electrons. The Morgan fingerprint density at radius 1 is 1.42 bits per heavy atom. The first kappa shape index (κ1) is 12.1. The fraction of sp³-hybridized carbons (Fsp3) is 0.500. The van der Waals surface area contributed by atoms with E-state index in [1.54, 1.807) is 0 Å². The molecule has 5 heteroatoms. The molecule has 2 aromatic rings. The maximum Gasteiger partial charge on any atom is 0.130 e. The van der Waals surface area contributed by atoms with Crippen molar-refractivity contribution in [2.45, 2.75) is 45.6 Å². The second-order valence-electron chi connectivity index (χ2n) is 5.10. The zero-order chi connectivity index (χ0) is 13.2. The van der Waals surface area contributed by atoms with Gasteiger partial charge in [0.25, 0.3) is 0 Å². The predicted octanol–water partition coefficient (Wildman–Crippen LogP) is 2.04. The van der Waals surface area contributed by atoms with Crippen LogP contribution in [0.3, 0.4) is 0 Å². The van der Waals surface area contributed by atoms with Gasteiger partial charge >= 0.3 is 0 Å². The first-order chi connectivity index (χ1) is 9.24. The van der Waals surface area contributed by atoms with Gasteiger partial charge in [-0.25, -0.2) is 9.97 Å². The van der Waals surface area contributed by atoms with Crippen LogP contribution in [0.1, 0.15) is 36.1 Å². The second-order valence-corrected chi connectivity index (χ2v) is 5.10. The van der Waals surface area contributed by atoms with E-state index in [9.17, 15) is 0 Å². The van der Waals surface area contributed by atoms with Gasteiger partial charge in [0.1, 0.15) is 11.6 Å². The zero-order valence-corrected chi connectivity index (χ0v) is 11.4. The summed E-state index contributed by atoms with van der Waals surface area (Å²) in [6.45, 7) is 4.06. The molecule has 2 heterocycles. The summed E-state index contributed by atoms with van der Waals surface area (Å²) in [5.74, 6) is 1.78. The van der Waals surface area contributed by atoms with E-state index < -0.39 is 0 Å². The van der Waals surface area contributed by atoms with E-state index in [4.69, 9.17) is 0 Å². The minimum Gasteiger partial charge on any atom is -0.367 e. The molecule has 1 aliphatic carbocycles. The van der Waals surface area contributed by atoms with Crippen molar-refractivity contribution in [3.63, 3.8) is 0 Å². The van der Waals surface area contributed by atoms with Crippen LogP contribution in [0.5, 0.6) is 0 Å². The minimum atomic E-state index is 0.434. The van der Waals surface area contributed by atoms with Crippen molar-refractivity contribution in [3.05, 3.63) is 35.0 Å². The monoisotopic (exact) mass is 257 g/mol. The van der Waals surface area contributed by atoms with E-state index in [0.717, 1.165) is 43.0 Å². The van der Waals surface area contributed by atoms with Crippen molar-refractivity contribution in [1.82, 2.24) is 20.2 Å². The van der Waals surface area contributed by atoms with Gasteiger partial charge in [0.2, 0.25) is 0 Å². The number of aromatic amines is 1. The van der Waals surface area contributed by atoms with Gasteiger partial charge in [0.05, 0.1) is 6.20 Å². The molecule has 5 nitrogen and oxygen atoms in total. The SMILES string of the molecule is CCc1cc(NC2CCc3[nH]ncc3C2)nc(C)n1. The van der Waals surface area contributed by atoms with E-state index in [-0.39, 0.29) is 0 Å². The Morgan fingerprint density at radius 2 is 2.32 bits per heavy atom. The lowest BCUT2D eigenvalue weighted by atomic mass is 9.93. The number of nitrogens with one attached hydrogen (secondary N) is 2. The molecule has 0 aromatic carbocycles. The average molecular weight is 257 g/mol. The molecular formula is C14H19N5. The Bertz CT molecular complexity index is 575. The number of fused-ring (bicyclic) bond motifs is 1. The average Bonchev–Trinajstić information content (AvgIpc) is 2.85. The number of anilines is 1. The normalized spacial score (nSPS) is 18.1. The van der Waals surface area contributed by atoms with Crippen molar-refractivity contribution in [3.8, 4) is 0 Å². The Kier molecular flexibility index (Phi) is 3.19. The standard InChI is InChI=1S/C14H19N5/c1-3-11-7-14(17-9(2)16-11)18-12-4-5-13-10(6-12)8-15-19-13/h7-8,12H,3-6H2,1-2H3,(H,15,19)(H,16,17,18). The summed E-state index contributed by atoms with van der Waals surface area (Å²) in [7, 11) is 0. The van der Waals surface area contributed by atoms with Crippen LogP contribution >= 0.6 is 0 Å². The Morgan fingerprint density at radius 3 is 3.16 bits per heavy atom. The third-order valence-corrected chi connectivity index (χ3v) is 3.62. The van der Waals surface area contributed by atoms with Crippen molar-refractivity contribution < 1.29 is 0 Å². The first-order valence-electron chi connectivity index (χ1n) is 6.87. The molecule has 3 rings (SSSR count). The van der Waals surface area contributed by atoms with Crippen LogP contribution in [-0.4, -0.2) is 26.2 Å². The number of H-pyrrole nitrogens is 1. The molecule has 19 heavy (non-hydrogen) atoms. The Hall–Kier alpha value is -1.91. The fourth-order valence-electron chi connectivity index (χ4n) is 2.63. The molecule has 1 aliphatic rings. The molecule has 0 amide bonds. The van der Waals surface area contributed by atoms with Gasteiger partial charge in [-0.3, -0.25) is 5.10 Å². The highest BCUT2D eigenvalue weighted by Crippen LogP contribution is 2.21. The lowest BCUT2D eigenvalue weighted by Crippen LogP contribution is -2.27. The van der Waals surface area contributed by atoms with Crippen LogP contribution < -0.4 is 5.32 Å². The highest BCUT2D eigenvalue weighted by Gasteiger charge is 2.20. The largest absolute Gasteiger partial charge is 0.367 e. The number of hydrogen-bond donors (Lipinski definition) is 2. The highest BCUT2D eigenvalue weighted by atomic mass is 15.1. The van der Waals surface area contributed by atoms with Crippen LogP contribution in [-0.2, 0) is 19.3 Å². The molecule has 0 spiro atoms. The molecule has 0 aliphatic heterocycles. The van der Waals surface area contributed by atoms with Crippen LogP contribution in [0.2, 0.25) is 0 Å². The molecule has 0 radical (unpaired) electrons. The maximum atomic E-state index is 4.47. The summed E-state index contributed by atoms with van der Waals surface area (Å²) in [5.41, 5.74) is 3.70. The third kappa shape index (κ3) is 2.59. The summed E-state index contributed by atoms with van der Waals surface area (Å²) < 4.78 is 0. The van der Waals surface area contributed by atoms with Gasteiger partial charge in [-0.1, -0.05) is 6.92 Å². The summed E-state index contributed by atoms with van der Waals surface area (Å²) in [4.78, 5) is 8.88. The van der Waals surface area contributed by atoms with Crippen LogP contribution in [0.25, 0.3) is 0 Å². The first-order valence-corrected chi connectivity index (χ1v) is 6.87. The van der Waals surface area contributed by atoms with Gasteiger partial charge in [0.15, 0.2) is 0 Å². The van der Waals surface area contributed by atoms with E-state index in [1.165, 1.54) is 11.3 Å².